The van der Waals surface area contributed by atoms with Crippen molar-refractivity contribution in [3.63, 3.8) is 0 Å². The summed E-state index contributed by atoms with van der Waals surface area (Å²) in [6.45, 7) is 1.93. The second-order valence-corrected chi connectivity index (χ2v) is 6.25. The van der Waals surface area contributed by atoms with Crippen molar-refractivity contribution < 1.29 is 38.0 Å². The van der Waals surface area contributed by atoms with Gasteiger partial charge in [0.2, 0.25) is 0 Å². The monoisotopic (exact) mass is 267 g/mol. The maximum absolute atomic E-state index is 10.5. The van der Waals surface area contributed by atoms with Gasteiger partial charge in [0.05, 0.1) is 15.2 Å². The Balaban J connectivity index is 0.00000112. The molecule has 0 aliphatic rings. The van der Waals surface area contributed by atoms with E-state index < -0.39 is 9.74 Å². The van der Waals surface area contributed by atoms with Crippen LogP contribution in [0, 0.1) is 6.92 Å². The Bertz CT molecular complexity index is 542. The van der Waals surface area contributed by atoms with E-state index in [1.54, 1.807) is 23.5 Å². The molecule has 0 radical (unpaired) electrons. The molecule has 0 amide bonds. The van der Waals surface area contributed by atoms with Crippen molar-refractivity contribution in [2.75, 3.05) is 0 Å². The van der Waals surface area contributed by atoms with E-state index in [2.05, 4.69) is 4.98 Å². The van der Waals surface area contributed by atoms with Gasteiger partial charge in [0, 0.05) is 0 Å². The molecular formula is C8H6NNaO2S3. The fourth-order valence-corrected chi connectivity index (χ4v) is 3.18. The first kappa shape index (κ1) is 13.5. The Hall–Kier alpha value is 0.410. The molecule has 0 bridgehead atoms. The van der Waals surface area contributed by atoms with Crippen molar-refractivity contribution in [1.29, 1.82) is 0 Å². The van der Waals surface area contributed by atoms with Crippen LogP contribution in [0.15, 0.2) is 23.1 Å². The molecule has 7 heteroatoms. The Morgan fingerprint density at radius 1 is 1.40 bits per heavy atom. The van der Waals surface area contributed by atoms with E-state index in [1.165, 1.54) is 0 Å². The first-order chi connectivity index (χ1) is 6.65. The van der Waals surface area contributed by atoms with Gasteiger partial charge in [-0.3, -0.25) is 0 Å². The third-order valence-corrected chi connectivity index (χ3v) is 4.15. The normalized spacial score (nSPS) is 10.5. The molecule has 2 rings (SSSR count). The number of fused-ring (bicyclic) bond motifs is 1. The number of nitrogens with zero attached hydrogens (tertiary/aromatic N) is 1. The van der Waals surface area contributed by atoms with Gasteiger partial charge < -0.3 is 8.42 Å². The van der Waals surface area contributed by atoms with Gasteiger partial charge in [-0.25, -0.2) is 4.98 Å². The van der Waals surface area contributed by atoms with Crippen molar-refractivity contribution in [3.05, 3.63) is 23.2 Å². The van der Waals surface area contributed by atoms with E-state index in [9.17, 15) is 8.42 Å². The summed E-state index contributed by atoms with van der Waals surface area (Å²) in [6.07, 6.45) is 0. The second kappa shape index (κ2) is 5.65. The number of hydrogen-bond donors (Lipinski definition) is 0. The number of rotatable bonds is 2. The third-order valence-electron chi connectivity index (χ3n) is 1.63. The van der Waals surface area contributed by atoms with Gasteiger partial charge in [-0.05, 0) is 39.8 Å². The van der Waals surface area contributed by atoms with Crippen LogP contribution in [-0.2, 0) is 18.2 Å². The summed E-state index contributed by atoms with van der Waals surface area (Å²) in [5.41, 5.74) is 0.864. The number of aryl methyl sites for hydroxylation is 1. The Labute approximate surface area is 119 Å². The second-order valence-electron chi connectivity index (χ2n) is 2.65. The van der Waals surface area contributed by atoms with E-state index in [0.717, 1.165) is 26.0 Å². The minimum atomic E-state index is -2.11. The van der Waals surface area contributed by atoms with Crippen LogP contribution in [0.2, 0.25) is 0 Å². The molecule has 0 saturated heterocycles. The van der Waals surface area contributed by atoms with Crippen molar-refractivity contribution in [3.8, 4) is 0 Å². The molecule has 0 aliphatic heterocycles. The van der Waals surface area contributed by atoms with Gasteiger partial charge in [0.25, 0.3) is 0 Å². The molecule has 1 aromatic heterocycles. The van der Waals surface area contributed by atoms with Crippen LogP contribution < -0.4 is 29.6 Å². The molecule has 3 nitrogen and oxygen atoms in total. The molecule has 0 N–H and O–H groups in total. The summed E-state index contributed by atoms with van der Waals surface area (Å²) in [6, 6.07) is 5.48. The summed E-state index contributed by atoms with van der Waals surface area (Å²) in [4.78, 5) is 4.99. The van der Waals surface area contributed by atoms with Crippen LogP contribution in [0.25, 0.3) is 10.2 Å². The van der Waals surface area contributed by atoms with Crippen LogP contribution in [-0.4, -0.2) is 4.98 Å². The quantitative estimate of drug-likeness (QED) is 0.434. The number of hydrogen-bond acceptors (Lipinski definition) is 6. The van der Waals surface area contributed by atoms with E-state index in [1.807, 2.05) is 13.0 Å². The Kier molecular flexibility index (Phi) is 5.08. The predicted molar refractivity (Wildman–Crippen MR) is 59.0 cm³/mol. The number of thiazole rings is 1. The number of aromatic nitrogens is 1. The maximum Gasteiger partial charge on any atom is 1.00 e. The molecule has 2 aromatic rings. The van der Waals surface area contributed by atoms with E-state index in [0.29, 0.717) is 4.90 Å². The zero-order chi connectivity index (χ0) is 10.1. The molecule has 0 saturated carbocycles. The summed E-state index contributed by atoms with van der Waals surface area (Å²) in [5, 5.41) is 0.991. The van der Waals surface area contributed by atoms with Crippen molar-refractivity contribution in [1.82, 2.24) is 4.98 Å². The minimum Gasteiger partial charge on any atom is -0.413 e. The standard InChI is InChI=1S/C8H6NO2S3.Na/c1-5-9-7-4-6(13-14(10)11)2-3-8(7)12-5;/h2-4H,1H3;/q-1;+1. The van der Waals surface area contributed by atoms with Gasteiger partial charge in [-0.15, -0.1) is 11.3 Å². The van der Waals surface area contributed by atoms with E-state index in [4.69, 9.17) is 0 Å². The maximum atomic E-state index is 10.5. The Morgan fingerprint density at radius 3 is 2.80 bits per heavy atom. The molecule has 0 atom stereocenters. The van der Waals surface area contributed by atoms with Gasteiger partial charge in [-0.2, -0.15) is 10.8 Å². The van der Waals surface area contributed by atoms with Crippen LogP contribution in [0.5, 0.6) is 0 Å². The van der Waals surface area contributed by atoms with Gasteiger partial charge in [-0.1, -0.05) is 0 Å². The first-order valence-electron chi connectivity index (χ1n) is 3.80. The molecule has 0 fully saturated rings. The van der Waals surface area contributed by atoms with Crippen molar-refractivity contribution >= 4 is 42.1 Å². The summed E-state index contributed by atoms with van der Waals surface area (Å²) >= 11 is 1.61. The summed E-state index contributed by atoms with van der Waals surface area (Å²) in [7, 11) is -1.31. The average Bonchev–Trinajstić information content (AvgIpc) is 2.42. The van der Waals surface area contributed by atoms with Crippen LogP contribution in [0.1, 0.15) is 5.01 Å². The first-order valence-corrected chi connectivity index (χ1v) is 7.02. The SMILES string of the molecule is Cc1nc2cc(S[S-](=O)=O)ccc2s1.[Na+]. The van der Waals surface area contributed by atoms with E-state index in [-0.39, 0.29) is 29.6 Å². The van der Waals surface area contributed by atoms with Gasteiger partial charge >= 0.3 is 29.6 Å². The van der Waals surface area contributed by atoms with Gasteiger partial charge in [0.15, 0.2) is 0 Å². The third kappa shape index (κ3) is 3.44. The molecule has 0 unspecified atom stereocenters. The predicted octanol–water partition coefficient (Wildman–Crippen LogP) is -0.0749. The summed E-state index contributed by atoms with van der Waals surface area (Å²) in [5.74, 6) is 0. The molecule has 0 spiro atoms. The fraction of sp³-hybridized carbons (Fsp3) is 0.125. The van der Waals surface area contributed by atoms with Gasteiger partial charge in [0.1, 0.15) is 0 Å². The summed E-state index contributed by atoms with van der Waals surface area (Å²) < 4.78 is 22.0. The van der Waals surface area contributed by atoms with Crippen LogP contribution in [0.3, 0.4) is 0 Å². The largest absolute Gasteiger partial charge is 1.00 e. The molecule has 74 valence electrons. The fourth-order valence-electron chi connectivity index (χ4n) is 1.15. The average molecular weight is 267 g/mol. The molecule has 1 heterocycles. The van der Waals surface area contributed by atoms with Crippen LogP contribution >= 0.6 is 22.1 Å². The topological polar surface area (TPSA) is 47.0 Å². The zero-order valence-electron chi connectivity index (χ0n) is 8.22. The van der Waals surface area contributed by atoms with E-state index >= 15 is 0 Å². The Morgan fingerprint density at radius 2 is 2.13 bits per heavy atom. The number of benzene rings is 1. The van der Waals surface area contributed by atoms with Crippen LogP contribution in [0.4, 0.5) is 0 Å². The molecule has 0 aliphatic carbocycles. The molecule has 15 heavy (non-hydrogen) atoms. The zero-order valence-corrected chi connectivity index (χ0v) is 12.7. The smallest absolute Gasteiger partial charge is 0.413 e. The van der Waals surface area contributed by atoms with Crippen molar-refractivity contribution in [2.45, 2.75) is 11.8 Å². The van der Waals surface area contributed by atoms with Crippen molar-refractivity contribution in [2.24, 2.45) is 0 Å². The molecule has 1 aromatic carbocycles. The molecular weight excluding hydrogens is 261 g/mol. The minimum absolute atomic E-state index is 0.